The fraction of sp³-hybridized carbons (Fsp3) is 0.545. The van der Waals surface area contributed by atoms with Gasteiger partial charge in [-0.15, -0.1) is 0 Å². The topological polar surface area (TPSA) is 55.3 Å². The van der Waals surface area contributed by atoms with Crippen LogP contribution in [0.3, 0.4) is 0 Å². The number of aromatic nitrogens is 2. The van der Waals surface area contributed by atoms with Crippen molar-refractivity contribution >= 4 is 21.8 Å². The average Bonchev–Trinajstić information content (AvgIpc) is 2.33. The van der Waals surface area contributed by atoms with Gasteiger partial charge in [0.25, 0.3) is 0 Å². The van der Waals surface area contributed by atoms with Crippen LogP contribution in [-0.2, 0) is 4.79 Å². The smallest absolute Gasteiger partial charge is 0.316 e. The van der Waals surface area contributed by atoms with Crippen molar-refractivity contribution in [1.29, 1.82) is 0 Å². The number of carbonyl (C=O) groups is 1. The van der Waals surface area contributed by atoms with Crippen LogP contribution in [-0.4, -0.2) is 40.0 Å². The first-order valence-electron chi connectivity index (χ1n) is 5.55. The number of carbonyl (C=O) groups excluding carboxylic acids is 1. The van der Waals surface area contributed by atoms with Crippen LogP contribution in [0.5, 0.6) is 6.01 Å². The monoisotopic (exact) mass is 299 g/mol. The molecule has 6 heteroatoms. The van der Waals surface area contributed by atoms with Crippen molar-refractivity contribution in [2.75, 3.05) is 13.1 Å². The Morgan fingerprint density at radius 3 is 2.53 bits per heavy atom. The van der Waals surface area contributed by atoms with Gasteiger partial charge in [0.15, 0.2) is 0 Å². The van der Waals surface area contributed by atoms with E-state index in [2.05, 4.69) is 25.9 Å². The van der Waals surface area contributed by atoms with E-state index in [1.54, 1.807) is 19.3 Å². The number of nitrogens with zero attached hydrogens (tertiary/aromatic N) is 3. The van der Waals surface area contributed by atoms with E-state index in [9.17, 15) is 4.79 Å². The van der Waals surface area contributed by atoms with Crippen LogP contribution >= 0.6 is 15.9 Å². The highest BCUT2D eigenvalue weighted by atomic mass is 79.9. The Morgan fingerprint density at radius 1 is 1.41 bits per heavy atom. The molecule has 5 nitrogen and oxygen atoms in total. The first kappa shape index (κ1) is 12.3. The summed E-state index contributed by atoms with van der Waals surface area (Å²) in [7, 11) is 0. The molecule has 0 radical (unpaired) electrons. The molecule has 0 spiro atoms. The summed E-state index contributed by atoms with van der Waals surface area (Å²) in [5.74, 6) is 0.128. The molecule has 0 bridgehead atoms. The lowest BCUT2D eigenvalue weighted by atomic mass is 10.1. The number of amides is 1. The minimum absolute atomic E-state index is 0.103. The summed E-state index contributed by atoms with van der Waals surface area (Å²) in [6, 6.07) is 0.398. The molecule has 2 heterocycles. The maximum atomic E-state index is 11.2. The summed E-state index contributed by atoms with van der Waals surface area (Å²) in [5, 5.41) is 0. The average molecular weight is 300 g/mol. The zero-order chi connectivity index (χ0) is 12.3. The molecule has 92 valence electrons. The van der Waals surface area contributed by atoms with E-state index in [-0.39, 0.29) is 12.0 Å². The highest BCUT2D eigenvalue weighted by molar-refractivity contribution is 9.10. The van der Waals surface area contributed by atoms with E-state index in [4.69, 9.17) is 4.74 Å². The molecule has 0 atom stereocenters. The van der Waals surface area contributed by atoms with Gasteiger partial charge in [0.1, 0.15) is 6.10 Å². The molecule has 17 heavy (non-hydrogen) atoms. The van der Waals surface area contributed by atoms with Crippen LogP contribution in [0.4, 0.5) is 0 Å². The maximum absolute atomic E-state index is 11.2. The predicted octanol–water partition coefficient (Wildman–Crippen LogP) is 1.63. The quantitative estimate of drug-likeness (QED) is 0.833. The molecule has 1 saturated heterocycles. The Kier molecular flexibility index (Phi) is 3.93. The number of likely N-dealkylation sites (tertiary alicyclic amines) is 1. The third-order valence-corrected chi connectivity index (χ3v) is 3.17. The summed E-state index contributed by atoms with van der Waals surface area (Å²) >= 11 is 3.27. The number of piperidine rings is 1. The Bertz CT molecular complexity index is 388. The molecule has 0 aliphatic carbocycles. The van der Waals surface area contributed by atoms with Crippen molar-refractivity contribution in [2.24, 2.45) is 0 Å². The Morgan fingerprint density at radius 2 is 2.00 bits per heavy atom. The molecule has 1 aliphatic heterocycles. The van der Waals surface area contributed by atoms with E-state index in [0.29, 0.717) is 6.01 Å². The number of hydrogen-bond acceptors (Lipinski definition) is 4. The first-order chi connectivity index (χ1) is 8.15. The highest BCUT2D eigenvalue weighted by Gasteiger charge is 2.22. The molecule has 0 N–H and O–H groups in total. The van der Waals surface area contributed by atoms with Gasteiger partial charge in [-0.1, -0.05) is 0 Å². The number of rotatable bonds is 2. The normalized spacial score (nSPS) is 16.9. The molecule has 0 unspecified atom stereocenters. The molecule has 1 aromatic heterocycles. The van der Waals surface area contributed by atoms with E-state index < -0.39 is 0 Å². The lowest BCUT2D eigenvalue weighted by Gasteiger charge is -2.30. The van der Waals surface area contributed by atoms with Crippen molar-refractivity contribution in [1.82, 2.24) is 14.9 Å². The summed E-state index contributed by atoms with van der Waals surface area (Å²) in [6.07, 6.45) is 5.09. The second-order valence-electron chi connectivity index (χ2n) is 4.01. The Hall–Kier alpha value is -1.17. The van der Waals surface area contributed by atoms with Crippen LogP contribution in [0.1, 0.15) is 19.8 Å². The third-order valence-electron chi connectivity index (χ3n) is 2.76. The zero-order valence-electron chi connectivity index (χ0n) is 9.60. The van der Waals surface area contributed by atoms with Crippen molar-refractivity contribution in [3.63, 3.8) is 0 Å². The minimum Gasteiger partial charge on any atom is -0.460 e. The largest absolute Gasteiger partial charge is 0.460 e. The van der Waals surface area contributed by atoms with Gasteiger partial charge in [-0.05, 0) is 15.9 Å². The van der Waals surface area contributed by atoms with Crippen LogP contribution < -0.4 is 4.74 Å². The van der Waals surface area contributed by atoms with Crippen LogP contribution in [0, 0.1) is 0 Å². The van der Waals surface area contributed by atoms with Crippen LogP contribution in [0.25, 0.3) is 0 Å². The minimum atomic E-state index is 0.103. The molecule has 0 aromatic carbocycles. The summed E-state index contributed by atoms with van der Waals surface area (Å²) in [6.45, 7) is 3.09. The van der Waals surface area contributed by atoms with Crippen molar-refractivity contribution in [2.45, 2.75) is 25.9 Å². The second-order valence-corrected chi connectivity index (χ2v) is 4.92. The van der Waals surface area contributed by atoms with Gasteiger partial charge in [-0.2, -0.15) is 0 Å². The lowest BCUT2D eigenvalue weighted by molar-refractivity contribution is -0.130. The molecule has 1 fully saturated rings. The van der Waals surface area contributed by atoms with Gasteiger partial charge in [0.05, 0.1) is 4.47 Å². The van der Waals surface area contributed by atoms with Crippen molar-refractivity contribution < 1.29 is 9.53 Å². The predicted molar refractivity (Wildman–Crippen MR) is 65.6 cm³/mol. The zero-order valence-corrected chi connectivity index (χ0v) is 11.2. The second kappa shape index (κ2) is 5.44. The van der Waals surface area contributed by atoms with Crippen LogP contribution in [0.2, 0.25) is 0 Å². The fourth-order valence-electron chi connectivity index (χ4n) is 1.80. The molecular formula is C11H14BrN3O2. The molecule has 1 aliphatic rings. The fourth-order valence-corrected chi connectivity index (χ4v) is 2.00. The Balaban J connectivity index is 1.85. The Labute approximate surface area is 108 Å². The lowest BCUT2D eigenvalue weighted by Crippen LogP contribution is -2.40. The molecule has 1 amide bonds. The van der Waals surface area contributed by atoms with Gasteiger partial charge >= 0.3 is 6.01 Å². The first-order valence-corrected chi connectivity index (χ1v) is 6.34. The maximum Gasteiger partial charge on any atom is 0.316 e. The summed E-state index contributed by atoms with van der Waals surface area (Å²) in [5.41, 5.74) is 0. The van der Waals surface area contributed by atoms with Gasteiger partial charge in [0.2, 0.25) is 5.91 Å². The van der Waals surface area contributed by atoms with Gasteiger partial charge in [-0.3, -0.25) is 4.79 Å². The molecule has 2 rings (SSSR count). The van der Waals surface area contributed by atoms with E-state index in [1.807, 2.05) is 4.90 Å². The molecular weight excluding hydrogens is 286 g/mol. The van der Waals surface area contributed by atoms with E-state index in [1.165, 1.54) is 0 Å². The summed E-state index contributed by atoms with van der Waals surface area (Å²) < 4.78 is 6.49. The molecule has 0 saturated carbocycles. The van der Waals surface area contributed by atoms with Crippen molar-refractivity contribution in [3.05, 3.63) is 16.9 Å². The van der Waals surface area contributed by atoms with Gasteiger partial charge in [0, 0.05) is 45.2 Å². The summed E-state index contributed by atoms with van der Waals surface area (Å²) in [4.78, 5) is 21.1. The van der Waals surface area contributed by atoms with Gasteiger partial charge < -0.3 is 9.64 Å². The SMILES string of the molecule is CC(=O)N1CCC(Oc2ncc(Br)cn2)CC1. The van der Waals surface area contributed by atoms with Crippen LogP contribution in [0.15, 0.2) is 16.9 Å². The van der Waals surface area contributed by atoms with Crippen molar-refractivity contribution in [3.8, 4) is 6.01 Å². The third kappa shape index (κ3) is 3.39. The number of ether oxygens (including phenoxy) is 1. The number of halogens is 1. The molecule has 1 aromatic rings. The van der Waals surface area contributed by atoms with Gasteiger partial charge in [-0.25, -0.2) is 9.97 Å². The number of hydrogen-bond donors (Lipinski definition) is 0. The highest BCUT2D eigenvalue weighted by Crippen LogP contribution is 2.16. The van der Waals surface area contributed by atoms with E-state index >= 15 is 0 Å². The standard InChI is InChI=1S/C11H14BrN3O2/c1-8(16)15-4-2-10(3-5-15)17-11-13-6-9(12)7-14-11/h6-7,10H,2-5H2,1H3. The van der Waals surface area contributed by atoms with E-state index in [0.717, 1.165) is 30.4 Å².